The number of nitrogens with one attached hydrogen (secondary N) is 1. The molecule has 2 N–H and O–H groups in total. The maximum atomic E-state index is 10.0. The molecule has 7 nitrogen and oxygen atoms in total. The second-order valence-electron chi connectivity index (χ2n) is 5.51. The van der Waals surface area contributed by atoms with E-state index in [0.717, 1.165) is 24.8 Å². The van der Waals surface area contributed by atoms with Gasteiger partial charge in [0.1, 0.15) is 6.10 Å². The number of nitrogens with zero attached hydrogens (tertiary/aromatic N) is 4. The van der Waals surface area contributed by atoms with Gasteiger partial charge >= 0.3 is 0 Å². The lowest BCUT2D eigenvalue weighted by Crippen LogP contribution is -2.37. The number of hydroxylamine groups is 2. The van der Waals surface area contributed by atoms with Crippen molar-refractivity contribution in [1.29, 1.82) is 0 Å². The molecule has 3 rings (SSSR count). The Morgan fingerprint density at radius 1 is 1.22 bits per heavy atom. The van der Waals surface area contributed by atoms with Crippen molar-refractivity contribution in [2.75, 3.05) is 25.0 Å². The van der Waals surface area contributed by atoms with Gasteiger partial charge in [-0.15, -0.1) is 0 Å². The van der Waals surface area contributed by atoms with E-state index in [1.54, 1.807) is 24.7 Å². The van der Waals surface area contributed by atoms with Crippen LogP contribution >= 0.6 is 0 Å². The van der Waals surface area contributed by atoms with Gasteiger partial charge in [0.25, 0.3) is 0 Å². The number of anilines is 1. The van der Waals surface area contributed by atoms with Crippen molar-refractivity contribution in [3.63, 3.8) is 0 Å². The molecule has 1 aliphatic rings. The van der Waals surface area contributed by atoms with Crippen molar-refractivity contribution in [2.45, 2.75) is 25.4 Å². The van der Waals surface area contributed by atoms with Gasteiger partial charge in [-0.05, 0) is 31.4 Å². The van der Waals surface area contributed by atoms with Crippen molar-refractivity contribution in [3.05, 3.63) is 42.4 Å². The van der Waals surface area contributed by atoms with Gasteiger partial charge in [-0.2, -0.15) is 5.06 Å². The van der Waals surface area contributed by atoms with Crippen molar-refractivity contribution < 1.29 is 9.94 Å². The number of aromatic nitrogens is 3. The van der Waals surface area contributed by atoms with Gasteiger partial charge in [-0.25, -0.2) is 15.0 Å². The summed E-state index contributed by atoms with van der Waals surface area (Å²) in [6, 6.07) is 5.73. The van der Waals surface area contributed by atoms with Gasteiger partial charge in [0.2, 0.25) is 11.8 Å². The lowest BCUT2D eigenvalue weighted by atomic mass is 10.0. The summed E-state index contributed by atoms with van der Waals surface area (Å²) in [6.45, 7) is 1.75. The highest BCUT2D eigenvalue weighted by Gasteiger charge is 2.22. The van der Waals surface area contributed by atoms with Gasteiger partial charge in [-0.3, -0.25) is 0 Å². The molecule has 0 spiro atoms. The molecule has 1 unspecified atom stereocenters. The highest BCUT2D eigenvalue weighted by Crippen LogP contribution is 2.24. The summed E-state index contributed by atoms with van der Waals surface area (Å²) in [6.07, 6.45) is 7.72. The largest absolute Gasteiger partial charge is 0.473 e. The third-order valence-electron chi connectivity index (χ3n) is 3.72. The van der Waals surface area contributed by atoms with Crippen molar-refractivity contribution >= 4 is 5.95 Å². The summed E-state index contributed by atoms with van der Waals surface area (Å²) in [7, 11) is 0. The minimum atomic E-state index is -0.0205. The van der Waals surface area contributed by atoms with Gasteiger partial charge in [0.15, 0.2) is 0 Å². The Kier molecular flexibility index (Phi) is 5.33. The smallest absolute Gasteiger partial charge is 0.222 e. The zero-order valence-corrected chi connectivity index (χ0v) is 12.9. The third kappa shape index (κ3) is 4.61. The summed E-state index contributed by atoms with van der Waals surface area (Å²) < 4.78 is 5.83. The molecule has 0 saturated carbocycles. The van der Waals surface area contributed by atoms with Crippen LogP contribution in [0.15, 0.2) is 36.8 Å². The molecule has 122 valence electrons. The zero-order chi connectivity index (χ0) is 15.9. The first kappa shape index (κ1) is 15.6. The molecule has 0 amide bonds. The number of ether oxygens (including phenoxy) is 1. The Labute approximate surface area is 135 Å². The number of pyridine rings is 1. The fourth-order valence-corrected chi connectivity index (χ4v) is 2.56. The van der Waals surface area contributed by atoms with Crippen LogP contribution in [-0.4, -0.2) is 51.0 Å². The Morgan fingerprint density at radius 3 is 2.91 bits per heavy atom. The maximum Gasteiger partial charge on any atom is 0.222 e. The summed E-state index contributed by atoms with van der Waals surface area (Å²) in [5.74, 6) is 1.30. The van der Waals surface area contributed by atoms with E-state index in [1.807, 2.05) is 12.1 Å². The molecule has 1 aliphatic heterocycles. The SMILES string of the molecule is ON(CCCNc1ncccn1)CC1CCc2cccnc2O1. The lowest BCUT2D eigenvalue weighted by molar-refractivity contribution is -0.112. The topological polar surface area (TPSA) is 83.4 Å². The number of hydrogen-bond donors (Lipinski definition) is 2. The first-order chi connectivity index (χ1) is 11.3. The standard InChI is InChI=1S/C16H21N5O2/c22-21(11-3-10-20-16-18-8-2-9-19-16)12-14-6-5-13-4-1-7-17-15(13)23-14/h1-2,4,7-9,14,22H,3,5-6,10-12H2,(H,18,19,20). The third-order valence-corrected chi connectivity index (χ3v) is 3.72. The molecule has 0 aromatic carbocycles. The molecule has 0 fully saturated rings. The van der Waals surface area contributed by atoms with Gasteiger partial charge in [-0.1, -0.05) is 6.07 Å². The minimum Gasteiger partial charge on any atom is -0.473 e. The Balaban J connectivity index is 1.36. The van der Waals surface area contributed by atoms with Crippen molar-refractivity contribution in [2.24, 2.45) is 0 Å². The molecule has 0 bridgehead atoms. The van der Waals surface area contributed by atoms with E-state index in [9.17, 15) is 5.21 Å². The second kappa shape index (κ2) is 7.85. The molecule has 3 heterocycles. The van der Waals surface area contributed by atoms with Crippen LogP contribution in [0.4, 0.5) is 5.95 Å². The molecular formula is C16H21N5O2. The van der Waals surface area contributed by atoms with Crippen molar-refractivity contribution in [1.82, 2.24) is 20.0 Å². The monoisotopic (exact) mass is 315 g/mol. The molecule has 7 heteroatoms. The van der Waals surface area contributed by atoms with E-state index in [0.29, 0.717) is 31.5 Å². The fraction of sp³-hybridized carbons (Fsp3) is 0.438. The van der Waals surface area contributed by atoms with Crippen LogP contribution in [0.25, 0.3) is 0 Å². The fourth-order valence-electron chi connectivity index (χ4n) is 2.56. The summed E-state index contributed by atoms with van der Waals surface area (Å²) in [4.78, 5) is 12.4. The van der Waals surface area contributed by atoms with E-state index in [2.05, 4.69) is 20.3 Å². The van der Waals surface area contributed by atoms with Crippen LogP contribution in [-0.2, 0) is 6.42 Å². The molecule has 2 aromatic heterocycles. The Morgan fingerprint density at radius 2 is 2.04 bits per heavy atom. The summed E-state index contributed by atoms with van der Waals surface area (Å²) in [5, 5.41) is 14.4. The molecule has 0 radical (unpaired) electrons. The highest BCUT2D eigenvalue weighted by atomic mass is 16.5. The molecular weight excluding hydrogens is 294 g/mol. The first-order valence-corrected chi connectivity index (χ1v) is 7.86. The van der Waals surface area contributed by atoms with Crippen molar-refractivity contribution in [3.8, 4) is 5.88 Å². The van der Waals surface area contributed by atoms with E-state index < -0.39 is 0 Å². The van der Waals surface area contributed by atoms with Crippen LogP contribution < -0.4 is 10.1 Å². The van der Waals surface area contributed by atoms with E-state index in [-0.39, 0.29) is 6.10 Å². The predicted molar refractivity (Wildman–Crippen MR) is 85.5 cm³/mol. The van der Waals surface area contributed by atoms with E-state index in [1.165, 1.54) is 5.06 Å². The second-order valence-corrected chi connectivity index (χ2v) is 5.51. The van der Waals surface area contributed by atoms with Gasteiger partial charge in [0, 0.05) is 37.2 Å². The molecule has 2 aromatic rings. The average Bonchev–Trinajstić information content (AvgIpc) is 2.59. The van der Waals surface area contributed by atoms with Crippen LogP contribution in [0, 0.1) is 0 Å². The summed E-state index contributed by atoms with van der Waals surface area (Å²) in [5.41, 5.74) is 1.14. The molecule has 1 atom stereocenters. The molecule has 0 saturated heterocycles. The minimum absolute atomic E-state index is 0.0205. The number of fused-ring (bicyclic) bond motifs is 1. The lowest BCUT2D eigenvalue weighted by Gasteiger charge is -2.27. The number of aryl methyl sites for hydroxylation is 1. The normalized spacial score (nSPS) is 16.7. The maximum absolute atomic E-state index is 10.0. The van der Waals surface area contributed by atoms with Crippen LogP contribution in [0.2, 0.25) is 0 Å². The van der Waals surface area contributed by atoms with Gasteiger partial charge < -0.3 is 15.3 Å². The van der Waals surface area contributed by atoms with E-state index >= 15 is 0 Å². The summed E-state index contributed by atoms with van der Waals surface area (Å²) >= 11 is 0. The zero-order valence-electron chi connectivity index (χ0n) is 12.9. The van der Waals surface area contributed by atoms with Crippen LogP contribution in [0.3, 0.4) is 0 Å². The predicted octanol–water partition coefficient (Wildman–Crippen LogP) is 1.76. The highest BCUT2D eigenvalue weighted by molar-refractivity contribution is 5.27. The van der Waals surface area contributed by atoms with Gasteiger partial charge in [0.05, 0.1) is 6.54 Å². The molecule has 0 aliphatic carbocycles. The number of rotatable bonds is 7. The first-order valence-electron chi connectivity index (χ1n) is 7.86. The van der Waals surface area contributed by atoms with Crippen LogP contribution in [0.5, 0.6) is 5.88 Å². The average molecular weight is 315 g/mol. The Bertz CT molecular complexity index is 610. The number of hydrogen-bond acceptors (Lipinski definition) is 7. The Hall–Kier alpha value is -2.25. The quantitative estimate of drug-likeness (QED) is 0.595. The van der Waals surface area contributed by atoms with Crippen LogP contribution in [0.1, 0.15) is 18.4 Å². The molecule has 23 heavy (non-hydrogen) atoms. The van der Waals surface area contributed by atoms with E-state index in [4.69, 9.17) is 4.74 Å².